The van der Waals surface area contributed by atoms with Crippen LogP contribution in [0.2, 0.25) is 0 Å². The van der Waals surface area contributed by atoms with Crippen molar-refractivity contribution >= 4 is 64.5 Å². The fourth-order valence-corrected chi connectivity index (χ4v) is 1.25. The molecule has 0 aliphatic rings. The first kappa shape index (κ1) is 30.5. The summed E-state index contributed by atoms with van der Waals surface area (Å²) in [6.45, 7) is 0. The van der Waals surface area contributed by atoms with E-state index in [2.05, 4.69) is 4.31 Å². The summed E-state index contributed by atoms with van der Waals surface area (Å²) < 4.78 is 22.2. The molecule has 0 aromatic rings. The van der Waals surface area contributed by atoms with Crippen LogP contribution in [0.4, 0.5) is 0 Å². The molecule has 0 radical (unpaired) electrons. The van der Waals surface area contributed by atoms with Crippen LogP contribution >= 0.6 is 15.6 Å². The first-order valence-electron chi connectivity index (χ1n) is 1.53. The summed E-state index contributed by atoms with van der Waals surface area (Å²) in [5.74, 6) is 0. The fourth-order valence-electron chi connectivity index (χ4n) is 0.139. The number of phosphoric acid groups is 2. The quantitative estimate of drug-likeness (QED) is 0.216. The first-order valence-corrected chi connectivity index (χ1v) is 4.59. The van der Waals surface area contributed by atoms with Gasteiger partial charge < -0.3 is 23.9 Å². The van der Waals surface area contributed by atoms with Gasteiger partial charge >= 0.3 is 94.1 Å². The van der Waals surface area contributed by atoms with Crippen LogP contribution in [0.1, 0.15) is 4.28 Å². The molecule has 0 aromatic carbocycles. The smallest absolute Gasteiger partial charge is 1.00 e. The molecule has 0 unspecified atom stereocenters. The van der Waals surface area contributed by atoms with Crippen molar-refractivity contribution in [2.75, 3.05) is 0 Å². The summed E-state index contributed by atoms with van der Waals surface area (Å²) in [4.78, 5) is 31.0. The fraction of sp³-hybridized carbons (Fsp3) is 0. The molecular formula is H7BaNaO7P2Zr2. The average Bonchev–Trinajstić information content (AvgIpc) is 1.14. The van der Waals surface area contributed by atoms with Gasteiger partial charge in [0.15, 0.2) is 0 Å². The molecule has 0 fully saturated rings. The molecule has 0 aliphatic heterocycles. The van der Waals surface area contributed by atoms with Gasteiger partial charge in [-0.15, -0.1) is 0 Å². The first-order chi connectivity index (χ1) is 3.71. The van der Waals surface area contributed by atoms with E-state index in [0.717, 1.165) is 0 Å². The predicted octanol–water partition coefficient (Wildman–Crippen LogP) is -3.86. The molecule has 0 saturated heterocycles. The van der Waals surface area contributed by atoms with Crippen molar-refractivity contribution in [3.05, 3.63) is 0 Å². The second-order valence-electron chi connectivity index (χ2n) is 1.06. The van der Waals surface area contributed by atoms with Gasteiger partial charge in [0, 0.05) is 52.4 Å². The van der Waals surface area contributed by atoms with Gasteiger partial charge in [-0.1, -0.05) is 0 Å². The van der Waals surface area contributed by atoms with Gasteiger partial charge in [-0.2, -0.15) is 4.31 Å². The van der Waals surface area contributed by atoms with E-state index in [9.17, 15) is 9.13 Å². The third-order valence-corrected chi connectivity index (χ3v) is 1.91. The molecule has 0 rings (SSSR count). The maximum atomic E-state index is 9.63. The molecule has 13 heteroatoms. The van der Waals surface area contributed by atoms with Crippen molar-refractivity contribution in [2.24, 2.45) is 0 Å². The molecule has 0 amide bonds. The van der Waals surface area contributed by atoms with Crippen LogP contribution in [0.15, 0.2) is 0 Å². The second-order valence-corrected chi connectivity index (χ2v) is 3.68. The Kier molecular flexibility index (Phi) is 30.6. The Hall–Kier alpha value is 4.60. The van der Waals surface area contributed by atoms with Crippen molar-refractivity contribution in [3.63, 3.8) is 0 Å². The Balaban J connectivity index is -0.0000000152. The van der Waals surface area contributed by atoms with E-state index >= 15 is 0 Å². The van der Waals surface area contributed by atoms with Gasteiger partial charge in [-0.25, -0.2) is 9.13 Å². The Morgan fingerprint density at radius 2 is 1.08 bits per heavy atom. The maximum absolute atomic E-state index is 9.63. The summed E-state index contributed by atoms with van der Waals surface area (Å²) >= 11 is 0. The number of hydrogen-bond acceptors (Lipinski definition) is 3. The zero-order valence-electron chi connectivity index (χ0n) is 9.62. The monoisotopic (exact) mass is 522 g/mol. The zero-order valence-corrected chi connectivity index (χ0v) is 19.8. The molecule has 13 heavy (non-hydrogen) atoms. The van der Waals surface area contributed by atoms with E-state index in [1.807, 2.05) is 0 Å². The summed E-state index contributed by atoms with van der Waals surface area (Å²) in [5, 5.41) is 0. The topological polar surface area (TPSA) is 124 Å². The SMILES string of the molecule is O=P(O)(O)OP(=O)(O)O.[Ba+2].[H-].[H-].[H-].[Na+].[Zr].[Zr]. The van der Waals surface area contributed by atoms with E-state index in [4.69, 9.17) is 19.6 Å². The van der Waals surface area contributed by atoms with Gasteiger partial charge in [-0.05, 0) is 0 Å². The molecule has 0 bridgehead atoms. The zero-order chi connectivity index (χ0) is 7.71. The second kappa shape index (κ2) is 13.0. The van der Waals surface area contributed by atoms with Crippen LogP contribution in [-0.4, -0.2) is 68.5 Å². The van der Waals surface area contributed by atoms with Crippen LogP contribution in [-0.2, 0) is 65.8 Å². The predicted molar refractivity (Wildman–Crippen MR) is 34.3 cm³/mol. The van der Waals surface area contributed by atoms with Gasteiger partial charge in [0.2, 0.25) is 0 Å². The largest absolute Gasteiger partial charge is 2.00 e. The van der Waals surface area contributed by atoms with Gasteiger partial charge in [0.1, 0.15) is 0 Å². The molecule has 0 aromatic heterocycles. The van der Waals surface area contributed by atoms with Crippen molar-refractivity contribution < 1.29 is 119 Å². The van der Waals surface area contributed by atoms with E-state index in [1.54, 1.807) is 0 Å². The Labute approximate surface area is 180 Å². The molecule has 7 nitrogen and oxygen atoms in total. The standard InChI is InChI=1S/Ba.Na.H4O7P2.2Zr.3H/c;;1-8(2,3)7-9(4,5)6;;;;;/h;;(H2,1,2,3)(H2,4,5,6);;;;;/q+2;+1;;;;3*-1. The van der Waals surface area contributed by atoms with Crippen LogP contribution in [0.25, 0.3) is 0 Å². The average molecular weight is 524 g/mol. The molecule has 0 heterocycles. The summed E-state index contributed by atoms with van der Waals surface area (Å²) in [5.41, 5.74) is 0. The van der Waals surface area contributed by atoms with Crippen molar-refractivity contribution in [1.82, 2.24) is 0 Å². The third-order valence-electron chi connectivity index (χ3n) is 0.213. The molecule has 0 atom stereocenters. The number of hydrogen-bond donors (Lipinski definition) is 4. The molecular weight excluding hydrogens is 517 g/mol. The van der Waals surface area contributed by atoms with Crippen LogP contribution < -0.4 is 29.6 Å². The minimum atomic E-state index is -5.05. The summed E-state index contributed by atoms with van der Waals surface area (Å²) in [6, 6.07) is 0. The molecule has 0 spiro atoms. The van der Waals surface area contributed by atoms with E-state index < -0.39 is 15.6 Å². The van der Waals surface area contributed by atoms with Crippen molar-refractivity contribution in [2.45, 2.75) is 0 Å². The molecule has 0 aliphatic carbocycles. The van der Waals surface area contributed by atoms with Gasteiger partial charge in [0.25, 0.3) is 0 Å². The van der Waals surface area contributed by atoms with Crippen LogP contribution in [0.5, 0.6) is 0 Å². The molecule has 4 N–H and O–H groups in total. The van der Waals surface area contributed by atoms with Crippen LogP contribution in [0, 0.1) is 0 Å². The van der Waals surface area contributed by atoms with E-state index in [-0.39, 0.29) is 135 Å². The minimum Gasteiger partial charge on any atom is -1.00 e. The molecule has 70 valence electrons. The van der Waals surface area contributed by atoms with Crippen LogP contribution in [0.3, 0.4) is 0 Å². The van der Waals surface area contributed by atoms with E-state index in [1.165, 1.54) is 0 Å². The van der Waals surface area contributed by atoms with Gasteiger partial charge in [-0.3, -0.25) is 0 Å². The Morgan fingerprint density at radius 1 is 0.923 bits per heavy atom. The minimum absolute atomic E-state index is 0. The number of rotatable bonds is 2. The molecule has 0 saturated carbocycles. The van der Waals surface area contributed by atoms with Crippen molar-refractivity contribution in [3.8, 4) is 0 Å². The van der Waals surface area contributed by atoms with Crippen molar-refractivity contribution in [1.29, 1.82) is 0 Å². The third kappa shape index (κ3) is 31.5. The Morgan fingerprint density at radius 3 is 1.08 bits per heavy atom. The van der Waals surface area contributed by atoms with E-state index in [0.29, 0.717) is 0 Å². The van der Waals surface area contributed by atoms with Gasteiger partial charge in [0.05, 0.1) is 0 Å². The summed E-state index contributed by atoms with van der Waals surface area (Å²) in [7, 11) is -10.1. The Bertz CT molecular complexity index is 176. The normalized spacial score (nSPS) is 9.54. The summed E-state index contributed by atoms with van der Waals surface area (Å²) in [6.07, 6.45) is 0. The maximum Gasteiger partial charge on any atom is 2.00 e.